The average molecular weight is 1400 g/mol. The molecule has 39 heteroatoms. The Labute approximate surface area is 546 Å². The Bertz CT molecular complexity index is 2610. The van der Waals surface area contributed by atoms with Crippen LogP contribution in [0.5, 0.6) is 5.75 Å². The van der Waals surface area contributed by atoms with Crippen LogP contribution in [0, 0.1) is 5.41 Å². The highest BCUT2D eigenvalue weighted by Gasteiger charge is 2.59. The van der Waals surface area contributed by atoms with Crippen molar-refractivity contribution in [1.82, 2.24) is 5.32 Å². The lowest BCUT2D eigenvalue weighted by atomic mass is 9.81. The van der Waals surface area contributed by atoms with E-state index in [9.17, 15) is 112 Å². The highest BCUT2D eigenvalue weighted by atomic mass is 16.8. The summed E-state index contributed by atoms with van der Waals surface area (Å²) in [6, 6.07) is 5.86. The van der Waals surface area contributed by atoms with E-state index < -0.39 is 284 Å². The minimum Gasteiger partial charge on any atom is -0.462 e. The summed E-state index contributed by atoms with van der Waals surface area (Å²) in [7, 11) is 2.28. The van der Waals surface area contributed by atoms with Crippen molar-refractivity contribution in [2.45, 2.75) is 241 Å². The molecule has 36 atom stereocenters. The summed E-state index contributed by atoms with van der Waals surface area (Å²) in [6.45, 7) is -3.29. The van der Waals surface area contributed by atoms with Crippen LogP contribution in [0.2, 0.25) is 0 Å². The van der Waals surface area contributed by atoms with Gasteiger partial charge >= 0.3 is 0 Å². The van der Waals surface area contributed by atoms with E-state index in [1.54, 1.807) is 26.0 Å². The van der Waals surface area contributed by atoms with E-state index in [0.717, 1.165) is 12.7 Å². The van der Waals surface area contributed by atoms with Gasteiger partial charge in [-0.05, 0) is 24.1 Å². The molecular weight excluding hydrogens is 1310 g/mol. The van der Waals surface area contributed by atoms with E-state index in [1.807, 2.05) is 0 Å². The van der Waals surface area contributed by atoms with Crippen molar-refractivity contribution in [1.29, 1.82) is 0 Å². The molecule has 96 heavy (non-hydrogen) atoms. The van der Waals surface area contributed by atoms with Crippen LogP contribution in [-0.2, 0) is 87.1 Å². The lowest BCUT2D eigenvalue weighted by molar-refractivity contribution is -0.398. The molecule has 1 aromatic rings. The van der Waals surface area contributed by atoms with Crippen molar-refractivity contribution in [3.63, 3.8) is 0 Å². The van der Waals surface area contributed by atoms with Crippen LogP contribution in [0.25, 0.3) is 0 Å². The molecule has 9 rings (SSSR count). The number of nitrogens with one attached hydrogen (secondary N) is 1. The molecule has 550 valence electrons. The Kier molecular flexibility index (Phi) is 26.3. The summed E-state index contributed by atoms with van der Waals surface area (Å²) in [6.07, 6.45) is -64.1. The van der Waals surface area contributed by atoms with Crippen molar-refractivity contribution < 1.29 is 188 Å². The van der Waals surface area contributed by atoms with Crippen LogP contribution in [0.1, 0.15) is 19.4 Å². The number of aliphatic hydroxyl groups is 20. The van der Waals surface area contributed by atoms with Crippen LogP contribution < -0.4 is 10.1 Å². The van der Waals surface area contributed by atoms with Gasteiger partial charge in [0, 0.05) is 20.3 Å². The number of hydrogen-bond acceptors (Lipinski definition) is 38. The predicted molar refractivity (Wildman–Crippen MR) is 301 cm³/mol. The molecular formula is C57H89NO38. The molecule has 8 fully saturated rings. The minimum atomic E-state index is -2.23. The molecule has 0 aromatic heterocycles. The molecule has 8 saturated heterocycles. The molecule has 21 N–H and O–H groups in total. The number of carbonyl (C=O) groups excluding carboxylic acids is 2. The SMILES string of the molecule is COC1C(CO)OC(OC2C(CO)OC(OC3C(CO)OC(OC4C(CO)OC(OC5C(CO)OC(OC6C(CO)OC(OC7C(CO)OC(Oc8ccc(CC9NC(=O)C(=O)C9(C)C)cc8)C(O)C7O)C(OC)C6O)C(O)C5O)C(O)C4O)C(O)C3O)C(O)C2O)C(O)C1O. The van der Waals surface area contributed by atoms with Gasteiger partial charge in [0.1, 0.15) is 177 Å². The first-order valence-corrected chi connectivity index (χ1v) is 30.9. The average Bonchev–Trinajstić information content (AvgIpc) is 1.04. The van der Waals surface area contributed by atoms with Crippen LogP contribution in [0.4, 0.5) is 0 Å². The number of ketones is 1. The van der Waals surface area contributed by atoms with E-state index in [4.69, 9.17) is 75.8 Å². The van der Waals surface area contributed by atoms with Crippen molar-refractivity contribution in [3.05, 3.63) is 29.8 Å². The molecule has 0 saturated carbocycles. The first kappa shape index (κ1) is 76.9. The van der Waals surface area contributed by atoms with E-state index >= 15 is 0 Å². The van der Waals surface area contributed by atoms with Gasteiger partial charge in [-0.3, -0.25) is 9.59 Å². The minimum absolute atomic E-state index is 0.154. The first-order chi connectivity index (χ1) is 45.6. The first-order valence-electron chi connectivity index (χ1n) is 30.9. The highest BCUT2D eigenvalue weighted by Crippen LogP contribution is 2.39. The zero-order valence-electron chi connectivity index (χ0n) is 52.0. The van der Waals surface area contributed by atoms with Gasteiger partial charge in [-0.2, -0.15) is 0 Å². The lowest BCUT2D eigenvalue weighted by Gasteiger charge is -2.50. The number of rotatable bonds is 25. The van der Waals surface area contributed by atoms with E-state index in [1.165, 1.54) is 19.2 Å². The summed E-state index contributed by atoms with van der Waals surface area (Å²) in [4.78, 5) is 24.3. The van der Waals surface area contributed by atoms with Crippen LogP contribution in [0.3, 0.4) is 0 Å². The van der Waals surface area contributed by atoms with Crippen LogP contribution in [0.15, 0.2) is 24.3 Å². The van der Waals surface area contributed by atoms with Crippen LogP contribution in [-0.4, -0.2) is 395 Å². The molecule has 0 radical (unpaired) electrons. The molecule has 8 aliphatic rings. The van der Waals surface area contributed by atoms with Gasteiger partial charge in [-0.15, -0.1) is 0 Å². The second-order valence-electron chi connectivity index (χ2n) is 25.0. The molecule has 8 heterocycles. The molecule has 1 aromatic carbocycles. The maximum Gasteiger partial charge on any atom is 0.288 e. The maximum absolute atomic E-state index is 12.3. The third-order valence-corrected chi connectivity index (χ3v) is 18.6. The Morgan fingerprint density at radius 3 is 0.906 bits per heavy atom. The van der Waals surface area contributed by atoms with Gasteiger partial charge < -0.3 is 183 Å². The number of ether oxygens (including phenoxy) is 16. The number of Topliss-reactive ketones (excluding diaryl/α,β-unsaturated/α-hetero) is 1. The zero-order chi connectivity index (χ0) is 70.1. The van der Waals surface area contributed by atoms with Gasteiger partial charge in [-0.25, -0.2) is 0 Å². The molecule has 36 unspecified atom stereocenters. The third-order valence-electron chi connectivity index (χ3n) is 18.6. The topological polar surface area (TPSA) is 598 Å². The Morgan fingerprint density at radius 2 is 0.615 bits per heavy atom. The molecule has 0 spiro atoms. The predicted octanol–water partition coefficient (Wildman–Crippen LogP) is -13.2. The zero-order valence-corrected chi connectivity index (χ0v) is 52.0. The molecule has 0 aliphatic carbocycles. The fourth-order valence-electron chi connectivity index (χ4n) is 12.8. The Morgan fingerprint density at radius 1 is 0.354 bits per heavy atom. The summed E-state index contributed by atoms with van der Waals surface area (Å²) >= 11 is 0. The second kappa shape index (κ2) is 32.8. The summed E-state index contributed by atoms with van der Waals surface area (Å²) < 4.78 is 91.2. The van der Waals surface area contributed by atoms with Gasteiger partial charge in [0.25, 0.3) is 5.91 Å². The maximum atomic E-state index is 12.3. The van der Waals surface area contributed by atoms with E-state index in [0.29, 0.717) is 6.42 Å². The largest absolute Gasteiger partial charge is 0.462 e. The van der Waals surface area contributed by atoms with Gasteiger partial charge in [0.05, 0.1) is 51.7 Å². The molecule has 39 nitrogen and oxygen atoms in total. The molecule has 8 aliphatic heterocycles. The Balaban J connectivity index is 0.776. The monoisotopic (exact) mass is 1400 g/mol. The summed E-state index contributed by atoms with van der Waals surface area (Å²) in [5, 5.41) is 221. The van der Waals surface area contributed by atoms with Gasteiger partial charge in [-0.1, -0.05) is 26.0 Å². The Hall–Kier alpha value is -3.24. The quantitative estimate of drug-likeness (QED) is 0.0404. The number of amides is 1. The van der Waals surface area contributed by atoms with Gasteiger partial charge in [0.2, 0.25) is 12.1 Å². The fourth-order valence-corrected chi connectivity index (χ4v) is 12.8. The normalized spacial score (nSPS) is 47.8. The van der Waals surface area contributed by atoms with Crippen molar-refractivity contribution in [3.8, 4) is 5.75 Å². The molecule has 0 bridgehead atoms. The second-order valence-corrected chi connectivity index (χ2v) is 25.0. The summed E-state index contributed by atoms with van der Waals surface area (Å²) in [5.74, 6) is -1.06. The standard InChI is InChI=1S/C57H89NO38/c1-57(2)26(58-49(80)48(57)79)9-17-5-7-18(8-6-17)83-50-34(73)28(67)45(24(15-64)85-50)96-56-47(82-4)39(78)46(25(16-65)90-56)95-55-38(77)32(71)44(23(14-63)89-55)94-54-37(76)31(70)43(22(13-62)88-54)93-53-36(75)30(69)42(21(12-61)87-53)92-52-35(74)29(68)41(20(11-60)86-52)91-51-33(72)27(66)40(81-3)19(10-59)84-51/h5-8,19-47,50-56,59-78H,9-16H2,1-4H3,(H,58,80). The van der Waals surface area contributed by atoms with Crippen molar-refractivity contribution >= 4 is 11.7 Å². The number of benzene rings is 1. The number of carbonyl (C=O) groups is 2. The number of hydrogen-bond donors (Lipinski definition) is 21. The van der Waals surface area contributed by atoms with E-state index in [-0.39, 0.29) is 5.75 Å². The van der Waals surface area contributed by atoms with Gasteiger partial charge in [0.15, 0.2) is 37.7 Å². The number of methoxy groups -OCH3 is 2. The van der Waals surface area contributed by atoms with E-state index in [2.05, 4.69) is 5.32 Å². The fraction of sp³-hybridized carbons (Fsp3) is 0.860. The van der Waals surface area contributed by atoms with Crippen molar-refractivity contribution in [2.24, 2.45) is 5.41 Å². The van der Waals surface area contributed by atoms with Crippen molar-refractivity contribution in [2.75, 3.05) is 60.5 Å². The highest BCUT2D eigenvalue weighted by molar-refractivity contribution is 6.40. The third kappa shape index (κ3) is 15.6. The molecule has 1 amide bonds. The number of aliphatic hydroxyl groups excluding tert-OH is 20. The lowest BCUT2D eigenvalue weighted by Crippen LogP contribution is -2.68. The van der Waals surface area contributed by atoms with Crippen LogP contribution >= 0.6 is 0 Å². The smallest absolute Gasteiger partial charge is 0.288 e. The summed E-state index contributed by atoms with van der Waals surface area (Å²) in [5.41, 5.74) is -0.225.